The van der Waals surface area contributed by atoms with Gasteiger partial charge in [0.2, 0.25) is 5.91 Å². The van der Waals surface area contributed by atoms with Gasteiger partial charge in [-0.25, -0.2) is 0 Å². The van der Waals surface area contributed by atoms with E-state index in [9.17, 15) is 4.79 Å². The van der Waals surface area contributed by atoms with Gasteiger partial charge in [0.05, 0.1) is 6.54 Å². The lowest BCUT2D eigenvalue weighted by molar-refractivity contribution is -0.132. The van der Waals surface area contributed by atoms with Crippen LogP contribution in [0, 0.1) is 0 Å². The Balaban J connectivity index is 2.55. The molecular formula is C15H26N2O2. The Kier molecular flexibility index (Phi) is 7.45. The number of likely N-dealkylation sites (tertiary alicyclic amines) is 1. The Bertz CT molecular complexity index is 293. The highest BCUT2D eigenvalue weighted by Crippen LogP contribution is 2.19. The first-order valence-corrected chi connectivity index (χ1v) is 7.07. The highest BCUT2D eigenvalue weighted by atomic mass is 16.3. The van der Waals surface area contributed by atoms with Gasteiger partial charge < -0.3 is 10.0 Å². The SMILES string of the molecule is C=CCN(CC=C)C(=O)CN1CCCCC1CCO. The number of hydrogen-bond donors (Lipinski definition) is 1. The minimum atomic E-state index is 0.115. The summed E-state index contributed by atoms with van der Waals surface area (Å²) >= 11 is 0. The van der Waals surface area contributed by atoms with E-state index < -0.39 is 0 Å². The van der Waals surface area contributed by atoms with Gasteiger partial charge in [0.25, 0.3) is 0 Å². The standard InChI is InChI=1S/C15H26N2O2/c1-3-9-16(10-4-2)15(19)13-17-11-6-5-7-14(17)8-12-18/h3-4,14,18H,1-2,5-13H2. The summed E-state index contributed by atoms with van der Waals surface area (Å²) in [5, 5.41) is 9.10. The Hall–Kier alpha value is -1.13. The van der Waals surface area contributed by atoms with E-state index in [1.165, 1.54) is 6.42 Å². The van der Waals surface area contributed by atoms with Crippen molar-refractivity contribution in [2.24, 2.45) is 0 Å². The zero-order valence-corrected chi connectivity index (χ0v) is 11.8. The molecule has 1 amide bonds. The third kappa shape index (κ3) is 5.17. The maximum Gasteiger partial charge on any atom is 0.237 e. The molecular weight excluding hydrogens is 240 g/mol. The second kappa shape index (κ2) is 8.88. The molecule has 0 aromatic carbocycles. The van der Waals surface area contributed by atoms with Crippen molar-refractivity contribution in [3.8, 4) is 0 Å². The van der Waals surface area contributed by atoms with E-state index >= 15 is 0 Å². The lowest BCUT2D eigenvalue weighted by atomic mass is 9.99. The Morgan fingerprint density at radius 3 is 2.58 bits per heavy atom. The van der Waals surface area contributed by atoms with Crippen molar-refractivity contribution < 1.29 is 9.90 Å². The fourth-order valence-electron chi connectivity index (χ4n) is 2.61. The molecule has 4 heteroatoms. The maximum atomic E-state index is 12.3. The number of amides is 1. The summed E-state index contributed by atoms with van der Waals surface area (Å²) < 4.78 is 0. The van der Waals surface area contributed by atoms with Gasteiger partial charge in [-0.1, -0.05) is 18.6 Å². The van der Waals surface area contributed by atoms with Crippen molar-refractivity contribution in [2.45, 2.75) is 31.7 Å². The minimum Gasteiger partial charge on any atom is -0.396 e. The first-order chi connectivity index (χ1) is 9.22. The molecule has 108 valence electrons. The summed E-state index contributed by atoms with van der Waals surface area (Å²) in [6.07, 6.45) is 7.65. The summed E-state index contributed by atoms with van der Waals surface area (Å²) in [6.45, 7) is 10.1. The van der Waals surface area contributed by atoms with Crippen LogP contribution in [0.1, 0.15) is 25.7 Å². The molecule has 1 rings (SSSR count). The fourth-order valence-corrected chi connectivity index (χ4v) is 2.61. The fraction of sp³-hybridized carbons (Fsp3) is 0.667. The van der Waals surface area contributed by atoms with Gasteiger partial charge in [-0.05, 0) is 25.8 Å². The van der Waals surface area contributed by atoms with Crippen LogP contribution in [-0.2, 0) is 4.79 Å². The number of nitrogens with zero attached hydrogens (tertiary/aromatic N) is 2. The van der Waals surface area contributed by atoms with E-state index in [1.807, 2.05) is 0 Å². The molecule has 0 bridgehead atoms. The van der Waals surface area contributed by atoms with Crippen molar-refractivity contribution >= 4 is 5.91 Å². The number of aliphatic hydroxyl groups excluding tert-OH is 1. The molecule has 0 saturated carbocycles. The van der Waals surface area contributed by atoms with E-state index in [2.05, 4.69) is 18.1 Å². The normalized spacial score (nSPS) is 19.9. The highest BCUT2D eigenvalue weighted by Gasteiger charge is 2.25. The van der Waals surface area contributed by atoms with Gasteiger partial charge in [-0.15, -0.1) is 13.2 Å². The zero-order chi connectivity index (χ0) is 14.1. The number of carbonyl (C=O) groups is 1. The number of aliphatic hydroxyl groups is 1. The van der Waals surface area contributed by atoms with E-state index in [0.717, 1.165) is 25.8 Å². The topological polar surface area (TPSA) is 43.8 Å². The summed E-state index contributed by atoms with van der Waals surface area (Å²) in [4.78, 5) is 16.2. The van der Waals surface area contributed by atoms with E-state index in [4.69, 9.17) is 5.11 Å². The molecule has 1 N–H and O–H groups in total. The zero-order valence-electron chi connectivity index (χ0n) is 11.8. The maximum absolute atomic E-state index is 12.3. The highest BCUT2D eigenvalue weighted by molar-refractivity contribution is 5.78. The summed E-state index contributed by atoms with van der Waals surface area (Å²) in [6, 6.07) is 0.344. The first kappa shape index (κ1) is 15.9. The van der Waals surface area contributed by atoms with Crippen molar-refractivity contribution in [1.82, 2.24) is 9.80 Å². The number of rotatable bonds is 8. The van der Waals surface area contributed by atoms with Crippen molar-refractivity contribution in [3.05, 3.63) is 25.3 Å². The van der Waals surface area contributed by atoms with Crippen LogP contribution >= 0.6 is 0 Å². The molecule has 4 nitrogen and oxygen atoms in total. The predicted molar refractivity (Wildman–Crippen MR) is 77.9 cm³/mol. The summed E-state index contributed by atoms with van der Waals surface area (Å²) in [5.74, 6) is 0.115. The largest absolute Gasteiger partial charge is 0.396 e. The van der Waals surface area contributed by atoms with Gasteiger partial charge in [-0.3, -0.25) is 9.69 Å². The summed E-state index contributed by atoms with van der Waals surface area (Å²) in [7, 11) is 0. The van der Waals surface area contributed by atoms with Gasteiger partial charge in [0.1, 0.15) is 0 Å². The van der Waals surface area contributed by atoms with Crippen LogP contribution < -0.4 is 0 Å². The molecule has 0 aromatic rings. The molecule has 0 spiro atoms. The molecule has 0 radical (unpaired) electrons. The van der Waals surface area contributed by atoms with Crippen LogP contribution in [0.4, 0.5) is 0 Å². The number of hydrogen-bond acceptors (Lipinski definition) is 3. The molecule has 1 atom stereocenters. The quantitative estimate of drug-likeness (QED) is 0.676. The van der Waals surface area contributed by atoms with Crippen LogP contribution in [0.5, 0.6) is 0 Å². The van der Waals surface area contributed by atoms with E-state index in [1.54, 1.807) is 17.1 Å². The lowest BCUT2D eigenvalue weighted by Gasteiger charge is -2.36. The molecule has 1 fully saturated rings. The van der Waals surface area contributed by atoms with Crippen LogP contribution in [0.15, 0.2) is 25.3 Å². The molecule has 1 heterocycles. The third-order valence-electron chi connectivity index (χ3n) is 3.60. The monoisotopic (exact) mass is 266 g/mol. The second-order valence-electron chi connectivity index (χ2n) is 5.01. The van der Waals surface area contributed by atoms with Gasteiger partial charge in [0.15, 0.2) is 0 Å². The van der Waals surface area contributed by atoms with Crippen molar-refractivity contribution in [3.63, 3.8) is 0 Å². The lowest BCUT2D eigenvalue weighted by Crippen LogP contribution is -2.47. The molecule has 1 unspecified atom stereocenters. The molecule has 0 aromatic heterocycles. The molecule has 1 aliphatic heterocycles. The number of carbonyl (C=O) groups excluding carboxylic acids is 1. The molecule has 19 heavy (non-hydrogen) atoms. The van der Waals surface area contributed by atoms with Gasteiger partial charge in [-0.2, -0.15) is 0 Å². The van der Waals surface area contributed by atoms with E-state index in [0.29, 0.717) is 25.7 Å². The Morgan fingerprint density at radius 1 is 1.32 bits per heavy atom. The molecule has 0 aliphatic carbocycles. The van der Waals surface area contributed by atoms with Crippen molar-refractivity contribution in [1.29, 1.82) is 0 Å². The van der Waals surface area contributed by atoms with Gasteiger partial charge in [0, 0.05) is 25.7 Å². The summed E-state index contributed by atoms with van der Waals surface area (Å²) in [5.41, 5.74) is 0. The van der Waals surface area contributed by atoms with Crippen molar-refractivity contribution in [2.75, 3.05) is 32.8 Å². The average molecular weight is 266 g/mol. The second-order valence-corrected chi connectivity index (χ2v) is 5.01. The minimum absolute atomic E-state index is 0.115. The van der Waals surface area contributed by atoms with E-state index in [-0.39, 0.29) is 12.5 Å². The van der Waals surface area contributed by atoms with Crippen LogP contribution in [-0.4, -0.2) is 59.6 Å². The Morgan fingerprint density at radius 2 is 2.00 bits per heavy atom. The van der Waals surface area contributed by atoms with Crippen LogP contribution in [0.2, 0.25) is 0 Å². The Labute approximate surface area is 116 Å². The first-order valence-electron chi connectivity index (χ1n) is 7.07. The third-order valence-corrected chi connectivity index (χ3v) is 3.60. The average Bonchev–Trinajstić information content (AvgIpc) is 2.41. The molecule has 1 saturated heterocycles. The van der Waals surface area contributed by atoms with Crippen LogP contribution in [0.25, 0.3) is 0 Å². The van der Waals surface area contributed by atoms with Crippen LogP contribution in [0.3, 0.4) is 0 Å². The number of piperidine rings is 1. The smallest absolute Gasteiger partial charge is 0.237 e. The predicted octanol–water partition coefficient (Wildman–Crippen LogP) is 1.42. The van der Waals surface area contributed by atoms with Gasteiger partial charge >= 0.3 is 0 Å². The molecule has 1 aliphatic rings.